The molecule has 0 aliphatic carbocycles. The van der Waals surface area contributed by atoms with E-state index in [-0.39, 0.29) is 0 Å². The molecule has 0 aliphatic heterocycles. The average molecular weight is 429 g/mol. The van der Waals surface area contributed by atoms with E-state index in [4.69, 9.17) is 0 Å². The van der Waals surface area contributed by atoms with E-state index in [2.05, 4.69) is 4.98 Å². The lowest BCUT2D eigenvalue weighted by molar-refractivity contribution is -0.137. The van der Waals surface area contributed by atoms with Crippen LogP contribution < -0.4 is 0 Å². The zero-order valence-corrected chi connectivity index (χ0v) is 16.6. The monoisotopic (exact) mass is 429 g/mol. The van der Waals surface area contributed by atoms with E-state index < -0.39 is 18.4 Å². The van der Waals surface area contributed by atoms with E-state index in [0.717, 1.165) is 23.3 Å². The number of hydrogen-bond acceptors (Lipinski definition) is 3. The maximum Gasteiger partial charge on any atom is 0.416 e. The normalized spacial score (nSPS) is 11.7. The summed E-state index contributed by atoms with van der Waals surface area (Å²) in [6.45, 7) is 1.54. The molecule has 0 bridgehead atoms. The number of rotatable bonds is 4. The minimum absolute atomic E-state index is 0.308. The summed E-state index contributed by atoms with van der Waals surface area (Å²) in [6, 6.07) is 12.3. The molecule has 4 rings (SSSR count). The molecule has 0 N–H and O–H groups in total. The molecule has 2 aromatic heterocycles. The third kappa shape index (κ3) is 3.57. The van der Waals surface area contributed by atoms with Gasteiger partial charge in [-0.1, -0.05) is 12.1 Å². The summed E-state index contributed by atoms with van der Waals surface area (Å²) >= 11 is 1.27. The van der Waals surface area contributed by atoms with E-state index in [1.54, 1.807) is 23.6 Å². The number of benzene rings is 2. The van der Waals surface area contributed by atoms with Crippen molar-refractivity contribution in [3.05, 3.63) is 75.9 Å². The molecule has 0 radical (unpaired) electrons. The van der Waals surface area contributed by atoms with E-state index in [0.29, 0.717) is 39.3 Å². The minimum Gasteiger partial charge on any atom is -0.339 e. The SMILES string of the molecule is Cc1cc2c(CF)c(C#N)ccc2n1Cc1csc(-c2cccc(C(F)(F)F)c2)n1. The largest absolute Gasteiger partial charge is 0.416 e. The van der Waals surface area contributed by atoms with Crippen molar-refractivity contribution in [3.63, 3.8) is 0 Å². The molecular formula is C22H15F4N3S. The van der Waals surface area contributed by atoms with Crippen LogP contribution in [0.3, 0.4) is 0 Å². The summed E-state index contributed by atoms with van der Waals surface area (Å²) in [7, 11) is 0. The van der Waals surface area contributed by atoms with Gasteiger partial charge in [0.1, 0.15) is 11.7 Å². The Hall–Kier alpha value is -3.18. The molecule has 0 fully saturated rings. The molecule has 0 amide bonds. The Morgan fingerprint density at radius 1 is 1.17 bits per heavy atom. The van der Waals surface area contributed by atoms with Crippen molar-refractivity contribution in [3.8, 4) is 16.6 Å². The van der Waals surface area contributed by atoms with Gasteiger partial charge in [0.15, 0.2) is 0 Å². The molecule has 4 aromatic rings. The second-order valence-corrected chi connectivity index (χ2v) is 7.72. The van der Waals surface area contributed by atoms with Crippen LogP contribution in [-0.4, -0.2) is 9.55 Å². The molecule has 0 spiro atoms. The Labute approximate surface area is 173 Å². The summed E-state index contributed by atoms with van der Waals surface area (Å²) in [5, 5.41) is 12.2. The molecule has 0 aliphatic rings. The highest BCUT2D eigenvalue weighted by Gasteiger charge is 2.30. The highest BCUT2D eigenvalue weighted by molar-refractivity contribution is 7.13. The molecule has 0 atom stereocenters. The van der Waals surface area contributed by atoms with Crippen LogP contribution in [-0.2, 0) is 19.4 Å². The van der Waals surface area contributed by atoms with Gasteiger partial charge in [0.2, 0.25) is 0 Å². The van der Waals surface area contributed by atoms with E-state index in [1.807, 2.05) is 23.6 Å². The van der Waals surface area contributed by atoms with Crippen molar-refractivity contribution in [2.75, 3.05) is 0 Å². The fourth-order valence-corrected chi connectivity index (χ4v) is 4.29. The number of aryl methyl sites for hydroxylation is 1. The van der Waals surface area contributed by atoms with Gasteiger partial charge in [-0.3, -0.25) is 0 Å². The lowest BCUT2D eigenvalue weighted by Gasteiger charge is -2.08. The van der Waals surface area contributed by atoms with Crippen LogP contribution in [0.4, 0.5) is 17.6 Å². The molecule has 2 heterocycles. The Kier molecular flexibility index (Phi) is 5.08. The lowest BCUT2D eigenvalue weighted by Crippen LogP contribution is -2.04. The summed E-state index contributed by atoms with van der Waals surface area (Å²) in [4.78, 5) is 4.51. The van der Waals surface area contributed by atoms with Crippen LogP contribution in [0.15, 0.2) is 47.8 Å². The minimum atomic E-state index is -4.41. The number of hydrogen-bond donors (Lipinski definition) is 0. The van der Waals surface area contributed by atoms with E-state index >= 15 is 0 Å². The average Bonchev–Trinajstić information content (AvgIpc) is 3.31. The van der Waals surface area contributed by atoms with Gasteiger partial charge in [-0.15, -0.1) is 11.3 Å². The van der Waals surface area contributed by atoms with Crippen LogP contribution >= 0.6 is 11.3 Å². The van der Waals surface area contributed by atoms with Crippen LogP contribution in [0.1, 0.15) is 28.1 Å². The number of fused-ring (bicyclic) bond motifs is 1. The van der Waals surface area contributed by atoms with Gasteiger partial charge in [0.05, 0.1) is 29.4 Å². The molecule has 0 unspecified atom stereocenters. The summed E-state index contributed by atoms with van der Waals surface area (Å²) in [5.41, 5.74) is 2.72. The van der Waals surface area contributed by atoms with Gasteiger partial charge in [-0.25, -0.2) is 9.37 Å². The molecule has 152 valence electrons. The Bertz CT molecular complexity index is 1280. The van der Waals surface area contributed by atoms with Crippen molar-refractivity contribution < 1.29 is 17.6 Å². The number of halogens is 4. The second kappa shape index (κ2) is 7.58. The molecule has 2 aromatic carbocycles. The number of aromatic nitrogens is 2. The predicted molar refractivity (Wildman–Crippen MR) is 108 cm³/mol. The van der Waals surface area contributed by atoms with Crippen LogP contribution in [0.5, 0.6) is 0 Å². The van der Waals surface area contributed by atoms with Crippen LogP contribution in [0.25, 0.3) is 21.5 Å². The van der Waals surface area contributed by atoms with Gasteiger partial charge in [0.25, 0.3) is 0 Å². The van der Waals surface area contributed by atoms with Crippen LogP contribution in [0.2, 0.25) is 0 Å². The lowest BCUT2D eigenvalue weighted by atomic mass is 10.0. The quantitative estimate of drug-likeness (QED) is 0.348. The fraction of sp³-hybridized carbons (Fsp3) is 0.182. The molecule has 0 saturated carbocycles. The van der Waals surface area contributed by atoms with Gasteiger partial charge in [-0.05, 0) is 37.3 Å². The van der Waals surface area contributed by atoms with E-state index in [1.165, 1.54) is 17.4 Å². The van der Waals surface area contributed by atoms with Gasteiger partial charge in [0, 0.05) is 33.1 Å². The number of thiazole rings is 1. The second-order valence-electron chi connectivity index (χ2n) is 6.86. The first-order valence-electron chi connectivity index (χ1n) is 9.01. The third-order valence-electron chi connectivity index (χ3n) is 4.97. The fourth-order valence-electron chi connectivity index (χ4n) is 3.49. The van der Waals surface area contributed by atoms with Crippen LogP contribution in [0, 0.1) is 18.3 Å². The zero-order valence-electron chi connectivity index (χ0n) is 15.8. The summed E-state index contributed by atoms with van der Waals surface area (Å²) in [6.07, 6.45) is -4.41. The Balaban J connectivity index is 1.69. The summed E-state index contributed by atoms with van der Waals surface area (Å²) in [5.74, 6) is 0. The zero-order chi connectivity index (χ0) is 21.5. The van der Waals surface area contributed by atoms with Gasteiger partial charge < -0.3 is 4.57 Å². The Morgan fingerprint density at radius 2 is 1.97 bits per heavy atom. The molecule has 30 heavy (non-hydrogen) atoms. The first-order chi connectivity index (χ1) is 14.3. The van der Waals surface area contributed by atoms with Gasteiger partial charge >= 0.3 is 6.18 Å². The van der Waals surface area contributed by atoms with Gasteiger partial charge in [-0.2, -0.15) is 18.4 Å². The molecule has 8 heteroatoms. The highest BCUT2D eigenvalue weighted by atomic mass is 32.1. The standard InChI is InChI=1S/C22H15F4N3S/c1-13-7-18-19(9-23)15(10-27)5-6-20(18)29(13)11-17-12-30-21(28-17)14-3-2-4-16(8-14)22(24,25)26/h2-8,12H,9,11H2,1H3. The number of nitrogens with zero attached hydrogens (tertiary/aromatic N) is 3. The Morgan fingerprint density at radius 3 is 2.67 bits per heavy atom. The predicted octanol–water partition coefficient (Wildman–Crippen LogP) is 6.48. The molecule has 0 saturated heterocycles. The topological polar surface area (TPSA) is 41.6 Å². The van der Waals surface area contributed by atoms with E-state index in [9.17, 15) is 22.8 Å². The van der Waals surface area contributed by atoms with Crippen molar-refractivity contribution in [1.82, 2.24) is 9.55 Å². The smallest absolute Gasteiger partial charge is 0.339 e. The number of alkyl halides is 4. The molecule has 3 nitrogen and oxygen atoms in total. The maximum atomic E-state index is 13.5. The van der Waals surface area contributed by atoms with Crippen molar-refractivity contribution in [2.45, 2.75) is 26.3 Å². The van der Waals surface area contributed by atoms with Crippen molar-refractivity contribution in [1.29, 1.82) is 5.26 Å². The molecular weight excluding hydrogens is 414 g/mol. The van der Waals surface area contributed by atoms with Crippen molar-refractivity contribution >= 4 is 22.2 Å². The highest BCUT2D eigenvalue weighted by Crippen LogP contribution is 2.33. The van der Waals surface area contributed by atoms with Crippen molar-refractivity contribution in [2.24, 2.45) is 0 Å². The third-order valence-corrected chi connectivity index (χ3v) is 5.91. The first-order valence-corrected chi connectivity index (χ1v) is 9.89. The first kappa shape index (κ1) is 20.1. The summed E-state index contributed by atoms with van der Waals surface area (Å²) < 4.78 is 54.4. The number of nitriles is 1. The maximum absolute atomic E-state index is 13.5.